The minimum absolute atomic E-state index is 0.0447. The third-order valence-corrected chi connectivity index (χ3v) is 10.2. The second-order valence-electron chi connectivity index (χ2n) is 13.4. The van der Waals surface area contributed by atoms with Crippen molar-refractivity contribution in [3.63, 3.8) is 0 Å². The summed E-state index contributed by atoms with van der Waals surface area (Å²) >= 11 is 0. The lowest BCUT2D eigenvalue weighted by Gasteiger charge is -2.57. The molecule has 7 nitrogen and oxygen atoms in total. The molecule has 43 heavy (non-hydrogen) atoms. The van der Waals surface area contributed by atoms with E-state index in [9.17, 15) is 19.2 Å². The van der Waals surface area contributed by atoms with Gasteiger partial charge in [0.05, 0.1) is 6.42 Å². The van der Waals surface area contributed by atoms with E-state index in [1.165, 1.54) is 13.8 Å². The first kappa shape index (κ1) is 30.7. The summed E-state index contributed by atoms with van der Waals surface area (Å²) in [5.74, 6) is -2.06. The highest BCUT2D eigenvalue weighted by Gasteiger charge is 2.59. The molecule has 6 atom stereocenters. The van der Waals surface area contributed by atoms with Crippen LogP contribution in [0.4, 0.5) is 0 Å². The molecular formula is C36H42O7. The zero-order valence-electron chi connectivity index (χ0n) is 26.0. The molecule has 0 spiro atoms. The van der Waals surface area contributed by atoms with Gasteiger partial charge in [0.1, 0.15) is 18.3 Å². The molecule has 0 N–H and O–H groups in total. The van der Waals surface area contributed by atoms with E-state index in [-0.39, 0.29) is 30.5 Å². The fourth-order valence-corrected chi connectivity index (χ4v) is 8.25. The molecule has 0 heterocycles. The number of hydrogen-bond acceptors (Lipinski definition) is 7. The summed E-state index contributed by atoms with van der Waals surface area (Å²) in [5, 5.41) is 2.06. The molecule has 0 amide bonds. The first-order valence-corrected chi connectivity index (χ1v) is 15.2. The molecule has 5 rings (SSSR count). The summed E-state index contributed by atoms with van der Waals surface area (Å²) in [6.07, 6.45) is 0.0534. The van der Waals surface area contributed by atoms with E-state index in [0.717, 1.165) is 21.9 Å². The van der Waals surface area contributed by atoms with Gasteiger partial charge in [-0.25, -0.2) is 0 Å². The maximum absolute atomic E-state index is 13.4. The first-order chi connectivity index (χ1) is 20.2. The molecule has 7 heteroatoms. The number of ether oxygens (including phenoxy) is 3. The van der Waals surface area contributed by atoms with Crippen LogP contribution in [0.15, 0.2) is 65.8 Å². The highest BCUT2D eigenvalue weighted by Crippen LogP contribution is 2.59. The van der Waals surface area contributed by atoms with Gasteiger partial charge in [-0.1, -0.05) is 69.8 Å². The van der Waals surface area contributed by atoms with Crippen molar-refractivity contribution in [3.05, 3.63) is 71.3 Å². The van der Waals surface area contributed by atoms with E-state index in [1.54, 1.807) is 6.92 Å². The van der Waals surface area contributed by atoms with Crippen LogP contribution in [0.3, 0.4) is 0 Å². The molecule has 0 unspecified atom stereocenters. The average Bonchev–Trinajstić information content (AvgIpc) is 2.91. The lowest BCUT2D eigenvalue weighted by Crippen LogP contribution is -2.58. The molecule has 0 saturated heterocycles. The van der Waals surface area contributed by atoms with Crippen molar-refractivity contribution in [3.8, 4) is 0 Å². The largest absolute Gasteiger partial charge is 0.462 e. The predicted octanol–water partition coefficient (Wildman–Crippen LogP) is 6.47. The van der Waals surface area contributed by atoms with Gasteiger partial charge in [-0.2, -0.15) is 0 Å². The number of Topliss-reactive ketones (excluding diaryl/α,β-unsaturated/α-hetero) is 1. The molecule has 228 valence electrons. The fraction of sp³-hybridized carbons (Fsp3) is 0.500. The van der Waals surface area contributed by atoms with E-state index in [2.05, 4.69) is 13.5 Å². The Morgan fingerprint density at radius 3 is 2.30 bits per heavy atom. The molecule has 3 aliphatic rings. The Kier molecular flexibility index (Phi) is 8.14. The van der Waals surface area contributed by atoms with Crippen LogP contribution in [0.25, 0.3) is 10.8 Å². The Balaban J connectivity index is 1.51. The molecular weight excluding hydrogens is 544 g/mol. The van der Waals surface area contributed by atoms with Crippen molar-refractivity contribution in [1.29, 1.82) is 0 Å². The van der Waals surface area contributed by atoms with Crippen LogP contribution in [-0.4, -0.2) is 42.0 Å². The summed E-state index contributed by atoms with van der Waals surface area (Å²) in [6, 6.07) is 13.8. The van der Waals surface area contributed by atoms with E-state index in [4.69, 9.17) is 14.2 Å². The number of esters is 3. The second-order valence-corrected chi connectivity index (χ2v) is 13.4. The third-order valence-electron chi connectivity index (χ3n) is 10.2. The van der Waals surface area contributed by atoms with Gasteiger partial charge in [0.2, 0.25) is 0 Å². The van der Waals surface area contributed by atoms with Crippen molar-refractivity contribution in [2.24, 2.45) is 22.7 Å². The normalized spacial score (nSPS) is 30.1. The zero-order valence-corrected chi connectivity index (χ0v) is 26.0. The van der Waals surface area contributed by atoms with Crippen LogP contribution in [0.1, 0.15) is 72.8 Å². The summed E-state index contributed by atoms with van der Waals surface area (Å²) in [6.45, 7) is 15.2. The Morgan fingerprint density at radius 1 is 0.930 bits per heavy atom. The quantitative estimate of drug-likeness (QED) is 0.225. The minimum Gasteiger partial charge on any atom is -0.462 e. The number of fused-ring (bicyclic) bond motifs is 4. The van der Waals surface area contributed by atoms with Crippen LogP contribution >= 0.6 is 0 Å². The number of carbonyl (C=O) groups is 4. The number of hydrogen-bond donors (Lipinski definition) is 0. The number of carbonyl (C=O) groups excluding carboxylic acids is 4. The van der Waals surface area contributed by atoms with Crippen molar-refractivity contribution >= 4 is 34.5 Å². The van der Waals surface area contributed by atoms with Crippen molar-refractivity contribution in [2.75, 3.05) is 0 Å². The highest BCUT2D eigenvalue weighted by atomic mass is 16.6. The van der Waals surface area contributed by atoms with E-state index >= 15 is 0 Å². The SMILES string of the molecule is C=C1[C@@H](OC(=O)Cc2cccc3ccccc23)CC[C@@]2(C)C[C@H](OC(C)=O)C3=C(C)C(=O)C[C@@H]([C@@H](OC(C)=O)[C@H]12)C3(C)C. The smallest absolute Gasteiger partial charge is 0.310 e. The van der Waals surface area contributed by atoms with Crippen LogP contribution in [0.5, 0.6) is 0 Å². The predicted molar refractivity (Wildman–Crippen MR) is 163 cm³/mol. The van der Waals surface area contributed by atoms with Crippen LogP contribution in [0.2, 0.25) is 0 Å². The lowest BCUT2D eigenvalue weighted by molar-refractivity contribution is -0.172. The van der Waals surface area contributed by atoms with Gasteiger partial charge in [0.15, 0.2) is 5.78 Å². The Labute approximate surface area is 253 Å². The van der Waals surface area contributed by atoms with Gasteiger partial charge in [-0.3, -0.25) is 19.2 Å². The summed E-state index contributed by atoms with van der Waals surface area (Å²) in [5.41, 5.74) is 1.86. The van der Waals surface area contributed by atoms with Gasteiger partial charge < -0.3 is 14.2 Å². The van der Waals surface area contributed by atoms with Gasteiger partial charge in [0.25, 0.3) is 0 Å². The van der Waals surface area contributed by atoms with E-state index in [1.807, 2.05) is 56.3 Å². The van der Waals surface area contributed by atoms with Crippen molar-refractivity contribution < 1.29 is 33.4 Å². The zero-order chi connectivity index (χ0) is 31.3. The monoisotopic (exact) mass is 586 g/mol. The molecule has 0 aliphatic heterocycles. The minimum atomic E-state index is -0.671. The molecule has 2 aromatic carbocycles. The maximum atomic E-state index is 13.4. The number of benzene rings is 2. The molecule has 2 bridgehead atoms. The van der Waals surface area contributed by atoms with E-state index in [0.29, 0.717) is 30.4 Å². The molecule has 2 saturated carbocycles. The third kappa shape index (κ3) is 5.66. The molecule has 0 radical (unpaired) electrons. The Hall–Kier alpha value is -3.74. The fourth-order valence-electron chi connectivity index (χ4n) is 8.25. The second kappa shape index (κ2) is 11.4. The summed E-state index contributed by atoms with van der Waals surface area (Å²) < 4.78 is 18.2. The number of allylic oxidation sites excluding steroid dienone is 1. The van der Waals surface area contributed by atoms with Crippen LogP contribution < -0.4 is 0 Å². The lowest BCUT2D eigenvalue weighted by atomic mass is 9.50. The van der Waals surface area contributed by atoms with Gasteiger partial charge in [-0.15, -0.1) is 0 Å². The van der Waals surface area contributed by atoms with Crippen molar-refractivity contribution in [2.45, 2.75) is 92.0 Å². The van der Waals surface area contributed by atoms with Gasteiger partial charge >= 0.3 is 17.9 Å². The van der Waals surface area contributed by atoms with E-state index < -0.39 is 47.0 Å². The molecule has 3 aliphatic carbocycles. The average molecular weight is 587 g/mol. The number of rotatable bonds is 5. The maximum Gasteiger partial charge on any atom is 0.310 e. The first-order valence-electron chi connectivity index (χ1n) is 15.2. The highest BCUT2D eigenvalue weighted by molar-refractivity contribution is 5.97. The molecule has 2 aromatic rings. The topological polar surface area (TPSA) is 96.0 Å². The Morgan fingerprint density at radius 2 is 1.60 bits per heavy atom. The molecule has 0 aromatic heterocycles. The summed E-state index contributed by atoms with van der Waals surface area (Å²) in [7, 11) is 0. The van der Waals surface area contributed by atoms with Gasteiger partial charge in [-0.05, 0) is 70.1 Å². The Bertz CT molecular complexity index is 1530. The number of ketones is 1. The molecule has 2 fully saturated rings. The van der Waals surface area contributed by atoms with Crippen LogP contribution in [-0.2, 0) is 39.8 Å². The van der Waals surface area contributed by atoms with Gasteiger partial charge in [0, 0.05) is 32.1 Å². The van der Waals surface area contributed by atoms with Crippen molar-refractivity contribution in [1.82, 2.24) is 0 Å². The van der Waals surface area contributed by atoms with Crippen LogP contribution in [0, 0.1) is 22.7 Å². The summed E-state index contributed by atoms with van der Waals surface area (Å²) in [4.78, 5) is 51.7. The standard InChI is InChI=1S/C36H42O7/c1-20-28(39)18-27-34(42-23(4)38)33-21(2)29(43-31(40)17-25-13-10-12-24-11-8-9-14-26(24)25)15-16-36(33,7)19-30(41-22(3)37)32(20)35(27,5)6/h8-14,27,29-30,33-34H,2,15-19H2,1,3-7H3/t27-,29-,30-,33-,34+,36-/m0/s1.